The van der Waals surface area contributed by atoms with Crippen LogP contribution >= 0.6 is 0 Å². The molecule has 0 radical (unpaired) electrons. The molecule has 2 heterocycles. The molecule has 0 amide bonds. The third kappa shape index (κ3) is 4.75. The molecular formula is C25H23N3O5S. The third-order valence-corrected chi connectivity index (χ3v) is 7.27. The summed E-state index contributed by atoms with van der Waals surface area (Å²) in [6.07, 6.45) is 3.15. The van der Waals surface area contributed by atoms with Crippen LogP contribution in [0.1, 0.15) is 27.0 Å². The number of esters is 1. The maximum Gasteiger partial charge on any atom is 0.339 e. The lowest BCUT2D eigenvalue weighted by Crippen LogP contribution is -2.33. The highest BCUT2D eigenvalue weighted by Gasteiger charge is 2.30. The number of ether oxygens (including phenoxy) is 1. The third-order valence-electron chi connectivity index (χ3n) is 5.42. The van der Waals surface area contributed by atoms with Gasteiger partial charge in [-0.1, -0.05) is 29.8 Å². The average molecular weight is 478 g/mol. The lowest BCUT2D eigenvalue weighted by molar-refractivity contribution is 0.0596. The Morgan fingerprint density at radius 2 is 1.85 bits per heavy atom. The van der Waals surface area contributed by atoms with Crippen LogP contribution in [0.2, 0.25) is 0 Å². The molecule has 2 aromatic heterocycles. The van der Waals surface area contributed by atoms with Crippen LogP contribution in [0.3, 0.4) is 0 Å². The molecule has 4 aromatic rings. The van der Waals surface area contributed by atoms with E-state index in [1.54, 1.807) is 36.7 Å². The van der Waals surface area contributed by atoms with Crippen LogP contribution in [0.5, 0.6) is 0 Å². The zero-order valence-corrected chi connectivity index (χ0v) is 19.5. The molecule has 4 rings (SSSR count). The molecule has 0 bridgehead atoms. The summed E-state index contributed by atoms with van der Waals surface area (Å²) in [5, 5.41) is 0.795. The van der Waals surface area contributed by atoms with Gasteiger partial charge in [0.2, 0.25) is 10.0 Å². The number of carbonyl (C=O) groups is 1. The highest BCUT2D eigenvalue weighted by Crippen LogP contribution is 2.25. The number of aromatic nitrogens is 2. The average Bonchev–Trinajstić information content (AvgIpc) is 2.84. The fourth-order valence-corrected chi connectivity index (χ4v) is 5.30. The van der Waals surface area contributed by atoms with Gasteiger partial charge in [0.25, 0.3) is 5.56 Å². The number of methoxy groups -OCH3 is 1. The first-order valence-electron chi connectivity index (χ1n) is 10.5. The molecule has 0 aliphatic heterocycles. The second-order valence-electron chi connectivity index (χ2n) is 7.84. The quantitative estimate of drug-likeness (QED) is 0.409. The first kappa shape index (κ1) is 23.3. The van der Waals surface area contributed by atoms with Crippen LogP contribution in [0, 0.1) is 6.92 Å². The largest absolute Gasteiger partial charge is 0.465 e. The SMILES string of the molecule is COC(=O)c1ccccc1S(=O)(=O)N(Cc1cccnc1)Cc1cc2cc(C)ccc2[nH]c1=O. The fourth-order valence-electron chi connectivity index (χ4n) is 3.71. The first-order chi connectivity index (χ1) is 16.3. The molecule has 0 saturated carbocycles. The van der Waals surface area contributed by atoms with Gasteiger partial charge in [-0.15, -0.1) is 0 Å². The van der Waals surface area contributed by atoms with Gasteiger partial charge in [0.15, 0.2) is 0 Å². The van der Waals surface area contributed by atoms with Gasteiger partial charge in [-0.25, -0.2) is 13.2 Å². The number of nitrogens with zero attached hydrogens (tertiary/aromatic N) is 2. The minimum Gasteiger partial charge on any atom is -0.465 e. The van der Waals surface area contributed by atoms with Crippen LogP contribution in [-0.2, 0) is 27.8 Å². The number of fused-ring (bicyclic) bond motifs is 1. The van der Waals surface area contributed by atoms with Gasteiger partial charge in [0.05, 0.1) is 17.6 Å². The van der Waals surface area contributed by atoms with E-state index >= 15 is 0 Å². The van der Waals surface area contributed by atoms with Crippen molar-refractivity contribution in [3.8, 4) is 0 Å². The van der Waals surface area contributed by atoms with Gasteiger partial charge in [-0.2, -0.15) is 4.31 Å². The van der Waals surface area contributed by atoms with Crippen molar-refractivity contribution < 1.29 is 17.9 Å². The van der Waals surface area contributed by atoms with E-state index in [-0.39, 0.29) is 34.7 Å². The second-order valence-corrected chi connectivity index (χ2v) is 9.74. The van der Waals surface area contributed by atoms with Crippen molar-refractivity contribution >= 4 is 26.9 Å². The smallest absolute Gasteiger partial charge is 0.339 e. The van der Waals surface area contributed by atoms with Gasteiger partial charge in [-0.05, 0) is 54.3 Å². The Morgan fingerprint density at radius 3 is 2.59 bits per heavy atom. The number of hydrogen-bond donors (Lipinski definition) is 1. The summed E-state index contributed by atoms with van der Waals surface area (Å²) in [5.74, 6) is -0.764. The Morgan fingerprint density at radius 1 is 1.06 bits per heavy atom. The molecule has 0 saturated heterocycles. The summed E-state index contributed by atoms with van der Waals surface area (Å²) >= 11 is 0. The lowest BCUT2D eigenvalue weighted by atomic mass is 10.1. The molecule has 0 aliphatic rings. The van der Waals surface area contributed by atoms with E-state index in [9.17, 15) is 18.0 Å². The van der Waals surface area contributed by atoms with Crippen LogP contribution < -0.4 is 5.56 Å². The molecule has 34 heavy (non-hydrogen) atoms. The molecule has 9 heteroatoms. The molecule has 0 aliphatic carbocycles. The molecule has 2 aromatic carbocycles. The van der Waals surface area contributed by atoms with Crippen molar-refractivity contribution in [1.82, 2.24) is 14.3 Å². The van der Waals surface area contributed by atoms with Crippen molar-refractivity contribution in [3.05, 3.63) is 106 Å². The number of nitrogens with one attached hydrogen (secondary N) is 1. The zero-order chi connectivity index (χ0) is 24.3. The van der Waals surface area contributed by atoms with Crippen molar-refractivity contribution in [2.75, 3.05) is 7.11 Å². The van der Waals surface area contributed by atoms with E-state index in [1.807, 2.05) is 25.1 Å². The van der Waals surface area contributed by atoms with Crippen LogP contribution in [0.15, 0.2) is 82.7 Å². The molecule has 0 unspecified atom stereocenters. The Kier molecular flexibility index (Phi) is 6.58. The number of aromatic amines is 1. The predicted octanol–water partition coefficient (Wildman–Crippen LogP) is 3.41. The van der Waals surface area contributed by atoms with E-state index < -0.39 is 16.0 Å². The highest BCUT2D eigenvalue weighted by atomic mass is 32.2. The van der Waals surface area contributed by atoms with Crippen molar-refractivity contribution in [3.63, 3.8) is 0 Å². The van der Waals surface area contributed by atoms with Crippen molar-refractivity contribution in [2.24, 2.45) is 0 Å². The van der Waals surface area contributed by atoms with E-state index in [0.717, 1.165) is 15.3 Å². The molecule has 0 atom stereocenters. The monoisotopic (exact) mass is 477 g/mol. The van der Waals surface area contributed by atoms with E-state index in [1.165, 1.54) is 25.3 Å². The Labute approximate surface area is 196 Å². The minimum absolute atomic E-state index is 0.0447. The number of sulfonamides is 1. The standard InChI is InChI=1S/C25H23N3O5S/c1-17-9-10-22-19(12-17)13-20(24(29)27-22)16-28(15-18-6-5-11-26-14-18)34(31,32)23-8-4-3-7-21(23)25(30)33-2/h3-14H,15-16H2,1-2H3,(H,27,29). The fraction of sp³-hybridized carbons (Fsp3) is 0.160. The van der Waals surface area contributed by atoms with Crippen molar-refractivity contribution in [2.45, 2.75) is 24.9 Å². The summed E-state index contributed by atoms with van der Waals surface area (Å²) in [6, 6.07) is 16.6. The first-order valence-corrected chi connectivity index (χ1v) is 11.9. The summed E-state index contributed by atoms with van der Waals surface area (Å²) in [4.78, 5) is 31.8. The Balaban J connectivity index is 1.83. The van der Waals surface area contributed by atoms with Crippen LogP contribution in [0.25, 0.3) is 10.9 Å². The summed E-state index contributed by atoms with van der Waals surface area (Å²) < 4.78 is 33.5. The van der Waals surface area contributed by atoms with Gasteiger partial charge in [0.1, 0.15) is 0 Å². The number of H-pyrrole nitrogens is 1. The number of rotatable bonds is 7. The Hall–Kier alpha value is -3.82. The number of hydrogen-bond acceptors (Lipinski definition) is 6. The minimum atomic E-state index is -4.21. The van der Waals surface area contributed by atoms with Crippen molar-refractivity contribution in [1.29, 1.82) is 0 Å². The van der Waals surface area contributed by atoms with E-state index in [4.69, 9.17) is 4.74 Å². The van der Waals surface area contributed by atoms with Gasteiger partial charge >= 0.3 is 5.97 Å². The maximum absolute atomic E-state index is 13.8. The summed E-state index contributed by atoms with van der Waals surface area (Å²) in [5.41, 5.74) is 2.12. The number of carbonyl (C=O) groups excluding carboxylic acids is 1. The second kappa shape index (κ2) is 9.58. The molecule has 1 N–H and O–H groups in total. The highest BCUT2D eigenvalue weighted by molar-refractivity contribution is 7.89. The van der Waals surface area contributed by atoms with Crippen LogP contribution in [-0.4, -0.2) is 35.8 Å². The number of pyridine rings is 2. The molecule has 174 valence electrons. The van der Waals surface area contributed by atoms with Gasteiger partial charge in [-0.3, -0.25) is 9.78 Å². The predicted molar refractivity (Wildman–Crippen MR) is 128 cm³/mol. The summed E-state index contributed by atoms with van der Waals surface area (Å²) in [7, 11) is -3.02. The van der Waals surface area contributed by atoms with Gasteiger partial charge in [0, 0.05) is 36.6 Å². The number of benzene rings is 2. The maximum atomic E-state index is 13.8. The summed E-state index contributed by atoms with van der Waals surface area (Å²) in [6.45, 7) is 1.69. The lowest BCUT2D eigenvalue weighted by Gasteiger charge is -2.23. The molecule has 8 nitrogen and oxygen atoms in total. The van der Waals surface area contributed by atoms with E-state index in [2.05, 4.69) is 9.97 Å². The molecule has 0 spiro atoms. The zero-order valence-electron chi connectivity index (χ0n) is 18.7. The molecule has 0 fully saturated rings. The number of aryl methyl sites for hydroxylation is 1. The topological polar surface area (TPSA) is 109 Å². The van der Waals surface area contributed by atoms with Gasteiger partial charge < -0.3 is 9.72 Å². The Bertz CT molecular complexity index is 1510. The van der Waals surface area contributed by atoms with E-state index in [0.29, 0.717) is 11.1 Å². The van der Waals surface area contributed by atoms with Crippen LogP contribution in [0.4, 0.5) is 0 Å². The molecular weight excluding hydrogens is 454 g/mol. The normalized spacial score (nSPS) is 11.6.